The summed E-state index contributed by atoms with van der Waals surface area (Å²) in [4.78, 5) is 20.6. The Morgan fingerprint density at radius 3 is 2.48 bits per heavy atom. The van der Waals surface area contributed by atoms with E-state index < -0.39 is 0 Å². The van der Waals surface area contributed by atoms with Crippen molar-refractivity contribution >= 4 is 29.1 Å². The van der Waals surface area contributed by atoms with Crippen molar-refractivity contribution in [2.24, 2.45) is 0 Å². The highest BCUT2D eigenvalue weighted by Gasteiger charge is 2.05. The predicted molar refractivity (Wildman–Crippen MR) is 94.0 cm³/mol. The fourth-order valence-electron chi connectivity index (χ4n) is 2.23. The molecular weight excluding hydrogens is 312 g/mol. The number of benzene rings is 1. The molecule has 0 aliphatic heterocycles. The van der Waals surface area contributed by atoms with Crippen LogP contribution in [0.1, 0.15) is 29.8 Å². The average molecular weight is 333 g/mol. The maximum absolute atomic E-state index is 12.0. The van der Waals surface area contributed by atoms with Crippen molar-refractivity contribution in [2.45, 2.75) is 33.6 Å². The third-order valence-corrected chi connectivity index (χ3v) is 3.54. The Morgan fingerprint density at radius 1 is 1.13 bits per heavy atom. The first-order valence-electron chi connectivity index (χ1n) is 7.56. The van der Waals surface area contributed by atoms with Gasteiger partial charge in [0, 0.05) is 35.1 Å². The summed E-state index contributed by atoms with van der Waals surface area (Å²) in [6, 6.07) is 7.34. The van der Waals surface area contributed by atoms with Crippen LogP contribution in [0.3, 0.4) is 0 Å². The Hall–Kier alpha value is -2.14. The number of halogens is 1. The van der Waals surface area contributed by atoms with Crippen LogP contribution in [0.15, 0.2) is 24.3 Å². The van der Waals surface area contributed by atoms with Crippen LogP contribution in [0.4, 0.5) is 11.6 Å². The van der Waals surface area contributed by atoms with Gasteiger partial charge in [0.2, 0.25) is 11.9 Å². The zero-order valence-electron chi connectivity index (χ0n) is 13.6. The quantitative estimate of drug-likeness (QED) is 0.788. The molecule has 2 rings (SSSR count). The number of aryl methyl sites for hydroxylation is 3. The molecule has 0 atom stereocenters. The lowest BCUT2D eigenvalue weighted by Gasteiger charge is -2.09. The molecule has 1 aromatic heterocycles. The maximum Gasteiger partial charge on any atom is 0.224 e. The minimum absolute atomic E-state index is 0.0152. The van der Waals surface area contributed by atoms with Gasteiger partial charge in [0.15, 0.2) is 0 Å². The number of anilines is 2. The molecule has 23 heavy (non-hydrogen) atoms. The highest BCUT2D eigenvalue weighted by atomic mass is 35.5. The lowest BCUT2D eigenvalue weighted by atomic mass is 10.2. The van der Waals surface area contributed by atoms with Crippen molar-refractivity contribution in [3.63, 3.8) is 0 Å². The van der Waals surface area contributed by atoms with Gasteiger partial charge in [-0.3, -0.25) is 4.79 Å². The number of carbonyl (C=O) groups is 1. The van der Waals surface area contributed by atoms with Crippen molar-refractivity contribution in [3.05, 3.63) is 46.2 Å². The molecule has 1 heterocycles. The molecule has 122 valence electrons. The molecule has 0 spiro atoms. The van der Waals surface area contributed by atoms with Gasteiger partial charge in [0.25, 0.3) is 0 Å². The van der Waals surface area contributed by atoms with E-state index >= 15 is 0 Å². The van der Waals surface area contributed by atoms with Crippen LogP contribution >= 0.6 is 11.6 Å². The minimum Gasteiger partial charge on any atom is -0.354 e. The third-order valence-electron chi connectivity index (χ3n) is 3.31. The number of nitrogens with zero attached hydrogens (tertiary/aromatic N) is 2. The molecule has 0 fully saturated rings. The van der Waals surface area contributed by atoms with Gasteiger partial charge in [-0.15, -0.1) is 0 Å². The van der Waals surface area contributed by atoms with Crippen molar-refractivity contribution in [1.29, 1.82) is 0 Å². The van der Waals surface area contributed by atoms with Crippen molar-refractivity contribution < 1.29 is 4.79 Å². The first-order chi connectivity index (χ1) is 10.9. The van der Waals surface area contributed by atoms with E-state index in [1.807, 2.05) is 39.0 Å². The number of amides is 1. The molecule has 1 amide bonds. The van der Waals surface area contributed by atoms with E-state index in [-0.39, 0.29) is 5.91 Å². The van der Waals surface area contributed by atoms with E-state index in [2.05, 4.69) is 20.6 Å². The van der Waals surface area contributed by atoms with Gasteiger partial charge in [0.05, 0.1) is 0 Å². The van der Waals surface area contributed by atoms with Gasteiger partial charge in [-0.1, -0.05) is 11.6 Å². The fraction of sp³-hybridized carbons (Fsp3) is 0.353. The van der Waals surface area contributed by atoms with Gasteiger partial charge in [-0.25, -0.2) is 9.97 Å². The largest absolute Gasteiger partial charge is 0.354 e. The van der Waals surface area contributed by atoms with Crippen molar-refractivity contribution in [2.75, 3.05) is 17.2 Å². The number of carbonyl (C=O) groups excluding carboxylic acids is 1. The molecule has 0 radical (unpaired) electrons. The van der Waals surface area contributed by atoms with Crippen molar-refractivity contribution in [1.82, 2.24) is 9.97 Å². The third kappa shape index (κ3) is 5.53. The Bertz CT molecular complexity index is 683. The molecule has 2 aromatic rings. The summed E-state index contributed by atoms with van der Waals surface area (Å²) >= 11 is 5.90. The van der Waals surface area contributed by atoms with Crippen LogP contribution in [0.2, 0.25) is 5.02 Å². The normalized spacial score (nSPS) is 10.4. The molecule has 0 aliphatic rings. The first kappa shape index (κ1) is 17.2. The Morgan fingerprint density at radius 2 is 1.83 bits per heavy atom. The van der Waals surface area contributed by atoms with Crippen LogP contribution in [0, 0.1) is 20.8 Å². The second-order valence-corrected chi connectivity index (χ2v) is 5.95. The van der Waals surface area contributed by atoms with E-state index in [1.54, 1.807) is 6.07 Å². The van der Waals surface area contributed by atoms with Gasteiger partial charge in [-0.05, 0) is 57.0 Å². The second-order valence-electron chi connectivity index (χ2n) is 5.51. The first-order valence-corrected chi connectivity index (χ1v) is 7.94. The molecule has 0 saturated carbocycles. The summed E-state index contributed by atoms with van der Waals surface area (Å²) < 4.78 is 0. The van der Waals surface area contributed by atoms with Crippen LogP contribution in [-0.2, 0) is 4.79 Å². The Balaban J connectivity index is 1.76. The fourth-order valence-corrected chi connectivity index (χ4v) is 2.46. The standard InChI is InChI=1S/C17H21ClN4O/c1-11-9-14(18)6-7-15(11)22-16(23)5-4-8-19-17-20-12(2)10-13(3)21-17/h6-7,9-10H,4-5,8H2,1-3H3,(H,22,23)(H,19,20,21). The van der Waals surface area contributed by atoms with Gasteiger partial charge < -0.3 is 10.6 Å². The summed E-state index contributed by atoms with van der Waals surface area (Å²) in [5, 5.41) is 6.71. The predicted octanol–water partition coefficient (Wildman–Crippen LogP) is 3.89. The number of rotatable bonds is 6. The smallest absolute Gasteiger partial charge is 0.224 e. The van der Waals surface area contributed by atoms with Crippen LogP contribution in [0.25, 0.3) is 0 Å². The lowest BCUT2D eigenvalue weighted by Crippen LogP contribution is -2.14. The SMILES string of the molecule is Cc1cc(C)nc(NCCCC(=O)Nc2ccc(Cl)cc2C)n1. The van der Waals surface area contributed by atoms with Crippen LogP contribution < -0.4 is 10.6 Å². The molecule has 0 saturated heterocycles. The molecule has 0 bridgehead atoms. The maximum atomic E-state index is 12.0. The minimum atomic E-state index is -0.0152. The van der Waals surface area contributed by atoms with E-state index in [9.17, 15) is 4.79 Å². The number of nitrogens with one attached hydrogen (secondary N) is 2. The average Bonchev–Trinajstić information content (AvgIpc) is 2.46. The highest BCUT2D eigenvalue weighted by molar-refractivity contribution is 6.30. The number of hydrogen-bond acceptors (Lipinski definition) is 4. The van der Waals surface area contributed by atoms with E-state index in [0.717, 1.165) is 22.6 Å². The summed E-state index contributed by atoms with van der Waals surface area (Å²) in [7, 11) is 0. The Kier molecular flexibility index (Phi) is 5.93. The summed E-state index contributed by atoms with van der Waals surface area (Å²) in [5.41, 5.74) is 3.60. The Labute approximate surface area is 141 Å². The molecule has 2 N–H and O–H groups in total. The van der Waals surface area contributed by atoms with E-state index in [1.165, 1.54) is 0 Å². The summed E-state index contributed by atoms with van der Waals surface area (Å²) in [5.74, 6) is 0.593. The molecule has 5 nitrogen and oxygen atoms in total. The summed E-state index contributed by atoms with van der Waals surface area (Å²) in [6.45, 7) is 6.43. The molecule has 6 heteroatoms. The lowest BCUT2D eigenvalue weighted by molar-refractivity contribution is -0.116. The molecular formula is C17H21ClN4O. The molecule has 1 aromatic carbocycles. The molecule has 0 aliphatic carbocycles. The van der Waals surface area contributed by atoms with E-state index in [4.69, 9.17) is 11.6 Å². The molecule has 0 unspecified atom stereocenters. The zero-order valence-corrected chi connectivity index (χ0v) is 14.4. The van der Waals surface area contributed by atoms with Gasteiger partial charge >= 0.3 is 0 Å². The van der Waals surface area contributed by atoms with Crippen molar-refractivity contribution in [3.8, 4) is 0 Å². The number of aromatic nitrogens is 2. The zero-order chi connectivity index (χ0) is 16.8. The van der Waals surface area contributed by atoms with Gasteiger partial charge in [0.1, 0.15) is 0 Å². The summed E-state index contributed by atoms with van der Waals surface area (Å²) in [6.07, 6.45) is 1.13. The second kappa shape index (κ2) is 7.92. The highest BCUT2D eigenvalue weighted by Crippen LogP contribution is 2.19. The van der Waals surface area contributed by atoms with Crippen LogP contribution in [-0.4, -0.2) is 22.4 Å². The number of hydrogen-bond donors (Lipinski definition) is 2. The topological polar surface area (TPSA) is 66.9 Å². The monoisotopic (exact) mass is 332 g/mol. The van der Waals surface area contributed by atoms with Gasteiger partial charge in [-0.2, -0.15) is 0 Å². The van der Waals surface area contributed by atoms with Crippen LogP contribution in [0.5, 0.6) is 0 Å². The van der Waals surface area contributed by atoms with E-state index in [0.29, 0.717) is 30.4 Å².